The second-order valence-electron chi connectivity index (χ2n) is 2.87. The Bertz CT molecular complexity index is 467. The number of aromatic nitrogens is 2. The maximum Gasteiger partial charge on any atom is 0.145 e. The van der Waals surface area contributed by atoms with Gasteiger partial charge >= 0.3 is 0 Å². The molecule has 4 nitrogen and oxygen atoms in total. The predicted octanol–water partition coefficient (Wildman–Crippen LogP) is 2.02. The minimum atomic E-state index is 0.0983. The SMILES string of the molecule is Nc1cc(-c2ccc(Cl)cc2O)[nH]n1. The number of phenolic OH excluding ortho intramolecular Hbond substituents is 1. The van der Waals surface area contributed by atoms with E-state index in [0.717, 1.165) is 0 Å². The van der Waals surface area contributed by atoms with Crippen LogP contribution in [0, 0.1) is 0 Å². The number of hydrogen-bond donors (Lipinski definition) is 3. The Balaban J connectivity index is 2.52. The number of aromatic hydroxyl groups is 1. The third-order valence-corrected chi connectivity index (χ3v) is 2.08. The van der Waals surface area contributed by atoms with Crippen molar-refractivity contribution < 1.29 is 5.11 Å². The van der Waals surface area contributed by atoms with Crippen molar-refractivity contribution in [1.29, 1.82) is 0 Å². The zero-order valence-corrected chi connectivity index (χ0v) is 7.92. The Morgan fingerprint density at radius 3 is 2.71 bits per heavy atom. The number of aromatic amines is 1. The van der Waals surface area contributed by atoms with E-state index in [-0.39, 0.29) is 5.75 Å². The average molecular weight is 210 g/mol. The Labute approximate surface area is 85.3 Å². The van der Waals surface area contributed by atoms with Gasteiger partial charge in [-0.05, 0) is 18.2 Å². The summed E-state index contributed by atoms with van der Waals surface area (Å²) in [7, 11) is 0. The van der Waals surface area contributed by atoms with Crippen LogP contribution in [0.3, 0.4) is 0 Å². The first kappa shape index (κ1) is 8.90. The highest BCUT2D eigenvalue weighted by atomic mass is 35.5. The molecule has 0 radical (unpaired) electrons. The van der Waals surface area contributed by atoms with Gasteiger partial charge in [0.25, 0.3) is 0 Å². The molecule has 1 heterocycles. The zero-order valence-electron chi connectivity index (χ0n) is 7.16. The number of hydrogen-bond acceptors (Lipinski definition) is 3. The van der Waals surface area contributed by atoms with Gasteiger partial charge in [0.15, 0.2) is 0 Å². The van der Waals surface area contributed by atoms with Gasteiger partial charge in [0.2, 0.25) is 0 Å². The fraction of sp³-hybridized carbons (Fsp3) is 0. The molecular formula is C9H8ClN3O. The summed E-state index contributed by atoms with van der Waals surface area (Å²) in [5.41, 5.74) is 6.73. The summed E-state index contributed by atoms with van der Waals surface area (Å²) >= 11 is 5.70. The molecule has 0 saturated heterocycles. The number of phenols is 1. The molecule has 1 aromatic carbocycles. The van der Waals surface area contributed by atoms with E-state index in [4.69, 9.17) is 17.3 Å². The number of anilines is 1. The molecule has 0 atom stereocenters. The van der Waals surface area contributed by atoms with Crippen LogP contribution >= 0.6 is 11.6 Å². The highest BCUT2D eigenvalue weighted by Crippen LogP contribution is 2.30. The summed E-state index contributed by atoms with van der Waals surface area (Å²) in [5, 5.41) is 16.5. The molecule has 72 valence electrons. The van der Waals surface area contributed by atoms with Crippen LogP contribution in [0.2, 0.25) is 5.02 Å². The first-order chi connectivity index (χ1) is 6.66. The van der Waals surface area contributed by atoms with Crippen LogP contribution in [0.1, 0.15) is 0 Å². The fourth-order valence-corrected chi connectivity index (χ4v) is 1.37. The number of nitrogen functional groups attached to an aromatic ring is 1. The topological polar surface area (TPSA) is 74.9 Å². The van der Waals surface area contributed by atoms with E-state index in [0.29, 0.717) is 22.1 Å². The van der Waals surface area contributed by atoms with Crippen molar-refractivity contribution in [3.8, 4) is 17.0 Å². The lowest BCUT2D eigenvalue weighted by Crippen LogP contribution is -1.81. The van der Waals surface area contributed by atoms with Gasteiger partial charge in [0, 0.05) is 16.7 Å². The molecule has 0 amide bonds. The summed E-state index contributed by atoms with van der Waals surface area (Å²) in [6, 6.07) is 6.50. The van der Waals surface area contributed by atoms with Gasteiger partial charge in [0.05, 0.1) is 5.69 Å². The Morgan fingerprint density at radius 1 is 1.36 bits per heavy atom. The quantitative estimate of drug-likeness (QED) is 0.673. The zero-order chi connectivity index (χ0) is 10.1. The molecule has 2 rings (SSSR count). The van der Waals surface area contributed by atoms with Crippen molar-refractivity contribution in [2.75, 3.05) is 5.73 Å². The third kappa shape index (κ3) is 1.52. The van der Waals surface area contributed by atoms with Gasteiger partial charge in [-0.1, -0.05) is 11.6 Å². The molecule has 5 heteroatoms. The van der Waals surface area contributed by atoms with E-state index >= 15 is 0 Å². The molecular weight excluding hydrogens is 202 g/mol. The molecule has 0 fully saturated rings. The van der Waals surface area contributed by atoms with Crippen LogP contribution in [0.4, 0.5) is 5.82 Å². The summed E-state index contributed by atoms with van der Waals surface area (Å²) in [6.45, 7) is 0. The van der Waals surface area contributed by atoms with Gasteiger partial charge in [-0.2, -0.15) is 5.10 Å². The maximum absolute atomic E-state index is 9.58. The molecule has 0 aliphatic carbocycles. The smallest absolute Gasteiger partial charge is 0.145 e. The van der Waals surface area contributed by atoms with Crippen LogP contribution < -0.4 is 5.73 Å². The first-order valence-electron chi connectivity index (χ1n) is 3.96. The van der Waals surface area contributed by atoms with Crippen molar-refractivity contribution in [1.82, 2.24) is 10.2 Å². The largest absolute Gasteiger partial charge is 0.507 e. The van der Waals surface area contributed by atoms with Crippen molar-refractivity contribution >= 4 is 17.4 Å². The van der Waals surface area contributed by atoms with Crippen LogP contribution in [0.15, 0.2) is 24.3 Å². The molecule has 14 heavy (non-hydrogen) atoms. The molecule has 0 bridgehead atoms. The van der Waals surface area contributed by atoms with Crippen molar-refractivity contribution in [2.45, 2.75) is 0 Å². The molecule has 0 unspecified atom stereocenters. The van der Waals surface area contributed by atoms with E-state index in [1.165, 1.54) is 6.07 Å². The van der Waals surface area contributed by atoms with Gasteiger partial charge in [-0.3, -0.25) is 5.10 Å². The lowest BCUT2D eigenvalue weighted by atomic mass is 10.1. The Kier molecular flexibility index (Phi) is 2.05. The van der Waals surface area contributed by atoms with Crippen LogP contribution in [-0.2, 0) is 0 Å². The number of benzene rings is 1. The Morgan fingerprint density at radius 2 is 2.14 bits per heavy atom. The minimum absolute atomic E-state index is 0.0983. The average Bonchev–Trinajstić information content (AvgIpc) is 2.51. The van der Waals surface area contributed by atoms with Crippen LogP contribution in [-0.4, -0.2) is 15.3 Å². The maximum atomic E-state index is 9.58. The third-order valence-electron chi connectivity index (χ3n) is 1.85. The monoisotopic (exact) mass is 209 g/mol. The molecule has 0 saturated carbocycles. The lowest BCUT2D eigenvalue weighted by molar-refractivity contribution is 0.477. The van der Waals surface area contributed by atoms with E-state index in [1.54, 1.807) is 18.2 Å². The summed E-state index contributed by atoms with van der Waals surface area (Å²) in [6.07, 6.45) is 0. The van der Waals surface area contributed by atoms with Gasteiger partial charge < -0.3 is 10.8 Å². The van der Waals surface area contributed by atoms with Crippen LogP contribution in [0.5, 0.6) is 5.75 Å². The van der Waals surface area contributed by atoms with E-state index in [2.05, 4.69) is 10.2 Å². The minimum Gasteiger partial charge on any atom is -0.507 e. The van der Waals surface area contributed by atoms with E-state index < -0.39 is 0 Å². The summed E-state index contributed by atoms with van der Waals surface area (Å²) in [5.74, 6) is 0.482. The molecule has 4 N–H and O–H groups in total. The van der Waals surface area contributed by atoms with Crippen molar-refractivity contribution in [2.24, 2.45) is 0 Å². The molecule has 1 aromatic heterocycles. The number of halogens is 1. The molecule has 0 aliphatic heterocycles. The number of H-pyrrole nitrogens is 1. The van der Waals surface area contributed by atoms with E-state index in [1.807, 2.05) is 0 Å². The second-order valence-corrected chi connectivity index (χ2v) is 3.30. The molecule has 0 aliphatic rings. The summed E-state index contributed by atoms with van der Waals surface area (Å²) < 4.78 is 0. The lowest BCUT2D eigenvalue weighted by Gasteiger charge is -2.01. The number of rotatable bonds is 1. The molecule has 0 spiro atoms. The first-order valence-corrected chi connectivity index (χ1v) is 4.34. The van der Waals surface area contributed by atoms with Crippen molar-refractivity contribution in [3.05, 3.63) is 29.3 Å². The number of nitrogens with zero attached hydrogens (tertiary/aromatic N) is 1. The highest BCUT2D eigenvalue weighted by Gasteiger charge is 2.06. The standard InChI is InChI=1S/C9H8ClN3O/c10-5-1-2-6(8(14)3-5)7-4-9(11)13-12-7/h1-4,14H,(H3,11,12,13). The van der Waals surface area contributed by atoms with Gasteiger partial charge in [-0.15, -0.1) is 0 Å². The fourth-order valence-electron chi connectivity index (χ4n) is 1.21. The van der Waals surface area contributed by atoms with Gasteiger partial charge in [-0.25, -0.2) is 0 Å². The Hall–Kier alpha value is -1.68. The van der Waals surface area contributed by atoms with Crippen LogP contribution in [0.25, 0.3) is 11.3 Å². The highest BCUT2D eigenvalue weighted by molar-refractivity contribution is 6.30. The number of nitrogens with two attached hydrogens (primary N) is 1. The summed E-state index contributed by atoms with van der Waals surface area (Å²) in [4.78, 5) is 0. The predicted molar refractivity (Wildman–Crippen MR) is 55.1 cm³/mol. The molecule has 2 aromatic rings. The number of nitrogens with one attached hydrogen (secondary N) is 1. The second kappa shape index (κ2) is 3.23. The van der Waals surface area contributed by atoms with Gasteiger partial charge in [0.1, 0.15) is 11.6 Å². The van der Waals surface area contributed by atoms with E-state index in [9.17, 15) is 5.11 Å². The normalized spacial score (nSPS) is 10.4. The van der Waals surface area contributed by atoms with Crippen molar-refractivity contribution in [3.63, 3.8) is 0 Å².